The molecule has 2 aromatic carbocycles. The smallest absolute Gasteiger partial charge is 0.407 e. The van der Waals surface area contributed by atoms with Gasteiger partial charge in [-0.15, -0.1) is 0 Å². The molecule has 0 saturated heterocycles. The fourth-order valence-corrected chi connectivity index (χ4v) is 3.80. The molecule has 0 aromatic heterocycles. The van der Waals surface area contributed by atoms with Crippen molar-refractivity contribution in [2.75, 3.05) is 13.7 Å². The summed E-state index contributed by atoms with van der Waals surface area (Å²) in [6.45, 7) is 2.38. The Kier molecular flexibility index (Phi) is 14.3. The van der Waals surface area contributed by atoms with Gasteiger partial charge in [-0.05, 0) is 29.7 Å². The zero-order valence-electron chi connectivity index (χ0n) is 22.1. The predicted molar refractivity (Wildman–Crippen MR) is 144 cm³/mol. The highest BCUT2D eigenvalue weighted by Gasteiger charge is 2.20. The molecule has 3 amide bonds. The number of amides is 3. The van der Waals surface area contributed by atoms with E-state index in [1.807, 2.05) is 54.6 Å². The zero-order chi connectivity index (χ0) is 26.7. The van der Waals surface area contributed by atoms with E-state index in [2.05, 4.69) is 22.9 Å². The Bertz CT molecular complexity index is 934. The van der Waals surface area contributed by atoms with Gasteiger partial charge >= 0.3 is 6.09 Å². The van der Waals surface area contributed by atoms with Crippen LogP contribution in [0.3, 0.4) is 0 Å². The minimum Gasteiger partial charge on any atom is -0.497 e. The summed E-state index contributed by atoms with van der Waals surface area (Å²) < 4.78 is 10.3. The SMILES string of the molecule is CCCCCCCCC[C@H](NC(=O)CNC(=O)OCc1ccccc1)C(=O)NCc1ccc(OC)cc1. The Morgan fingerprint density at radius 2 is 1.49 bits per heavy atom. The Labute approximate surface area is 220 Å². The summed E-state index contributed by atoms with van der Waals surface area (Å²) in [5.41, 5.74) is 1.78. The molecule has 0 aliphatic heterocycles. The monoisotopic (exact) mass is 511 g/mol. The number of carbonyl (C=O) groups is 3. The van der Waals surface area contributed by atoms with E-state index in [-0.39, 0.29) is 19.1 Å². The molecule has 2 rings (SSSR count). The van der Waals surface area contributed by atoms with Gasteiger partial charge in [0.2, 0.25) is 11.8 Å². The molecule has 8 nitrogen and oxygen atoms in total. The van der Waals surface area contributed by atoms with Crippen LogP contribution in [0.1, 0.15) is 69.4 Å². The van der Waals surface area contributed by atoms with Crippen LogP contribution in [0.2, 0.25) is 0 Å². The van der Waals surface area contributed by atoms with Gasteiger partial charge < -0.3 is 25.4 Å². The van der Waals surface area contributed by atoms with Crippen LogP contribution < -0.4 is 20.7 Å². The molecular formula is C29H41N3O5. The summed E-state index contributed by atoms with van der Waals surface area (Å²) in [7, 11) is 1.60. The summed E-state index contributed by atoms with van der Waals surface area (Å²) in [6.07, 6.45) is 7.66. The van der Waals surface area contributed by atoms with Crippen molar-refractivity contribution in [2.24, 2.45) is 0 Å². The number of alkyl carbamates (subject to hydrolysis) is 1. The first-order chi connectivity index (χ1) is 18.0. The number of carbonyl (C=O) groups excluding carboxylic acids is 3. The van der Waals surface area contributed by atoms with Crippen molar-refractivity contribution in [2.45, 2.75) is 77.5 Å². The number of benzene rings is 2. The number of hydrogen-bond acceptors (Lipinski definition) is 5. The third-order valence-electron chi connectivity index (χ3n) is 5.98. The lowest BCUT2D eigenvalue weighted by Crippen LogP contribution is -2.49. The molecule has 0 bridgehead atoms. The van der Waals surface area contributed by atoms with Crippen LogP contribution in [0.5, 0.6) is 5.75 Å². The first kappa shape index (κ1) is 29.7. The molecule has 2 aromatic rings. The van der Waals surface area contributed by atoms with Gasteiger partial charge in [0.25, 0.3) is 0 Å². The number of rotatable bonds is 17. The molecule has 0 unspecified atom stereocenters. The van der Waals surface area contributed by atoms with Crippen molar-refractivity contribution in [1.82, 2.24) is 16.0 Å². The van der Waals surface area contributed by atoms with Crippen molar-refractivity contribution in [3.63, 3.8) is 0 Å². The van der Waals surface area contributed by atoms with Crippen molar-refractivity contribution in [3.05, 3.63) is 65.7 Å². The van der Waals surface area contributed by atoms with Gasteiger partial charge in [-0.2, -0.15) is 0 Å². The molecule has 0 heterocycles. The van der Waals surface area contributed by atoms with Gasteiger partial charge in [0.05, 0.1) is 7.11 Å². The van der Waals surface area contributed by atoms with Crippen LogP contribution >= 0.6 is 0 Å². The highest BCUT2D eigenvalue weighted by atomic mass is 16.5. The van der Waals surface area contributed by atoms with Crippen molar-refractivity contribution >= 4 is 17.9 Å². The summed E-state index contributed by atoms with van der Waals surface area (Å²) in [5, 5.41) is 8.12. The van der Waals surface area contributed by atoms with Gasteiger partial charge in [-0.3, -0.25) is 9.59 Å². The number of ether oxygens (including phenoxy) is 2. The topological polar surface area (TPSA) is 106 Å². The third kappa shape index (κ3) is 12.8. The quantitative estimate of drug-likeness (QED) is 0.263. The molecule has 37 heavy (non-hydrogen) atoms. The van der Waals surface area contributed by atoms with E-state index in [0.29, 0.717) is 13.0 Å². The van der Waals surface area contributed by atoms with Crippen molar-refractivity contribution in [3.8, 4) is 5.75 Å². The fourth-order valence-electron chi connectivity index (χ4n) is 3.80. The van der Waals surface area contributed by atoms with E-state index in [1.165, 1.54) is 25.7 Å². The summed E-state index contributed by atoms with van der Waals surface area (Å²) in [4.78, 5) is 37.4. The van der Waals surface area contributed by atoms with Crippen LogP contribution in [-0.2, 0) is 27.5 Å². The molecule has 1 atom stereocenters. The molecule has 0 fully saturated rings. The van der Waals surface area contributed by atoms with E-state index < -0.39 is 18.0 Å². The number of hydrogen-bond donors (Lipinski definition) is 3. The number of unbranched alkanes of at least 4 members (excludes halogenated alkanes) is 6. The van der Waals surface area contributed by atoms with Crippen LogP contribution in [-0.4, -0.2) is 37.6 Å². The second kappa shape index (κ2) is 17.8. The molecule has 0 spiro atoms. The number of methoxy groups -OCH3 is 1. The highest BCUT2D eigenvalue weighted by molar-refractivity contribution is 5.89. The van der Waals surface area contributed by atoms with Crippen molar-refractivity contribution in [1.29, 1.82) is 0 Å². The lowest BCUT2D eigenvalue weighted by atomic mass is 10.0. The van der Waals surface area contributed by atoms with E-state index in [9.17, 15) is 14.4 Å². The highest BCUT2D eigenvalue weighted by Crippen LogP contribution is 2.12. The number of nitrogens with one attached hydrogen (secondary N) is 3. The Morgan fingerprint density at radius 1 is 0.811 bits per heavy atom. The van der Waals surface area contributed by atoms with Crippen molar-refractivity contribution < 1.29 is 23.9 Å². The lowest BCUT2D eigenvalue weighted by Gasteiger charge is -2.19. The molecule has 0 radical (unpaired) electrons. The van der Waals surface area contributed by atoms with Crippen LogP contribution in [0.25, 0.3) is 0 Å². The minimum absolute atomic E-state index is 0.114. The standard InChI is InChI=1S/C29H41N3O5/c1-3-4-5-6-7-8-12-15-26(28(34)30-20-23-16-18-25(36-2)19-17-23)32-27(33)21-31-29(35)37-22-24-13-10-9-11-14-24/h9-11,13-14,16-19,26H,3-8,12,15,20-22H2,1-2H3,(H,30,34)(H,31,35)(H,32,33)/t26-/m0/s1. The fraction of sp³-hybridized carbons (Fsp3) is 0.483. The zero-order valence-corrected chi connectivity index (χ0v) is 22.1. The minimum atomic E-state index is -0.688. The molecule has 0 aliphatic rings. The third-order valence-corrected chi connectivity index (χ3v) is 5.98. The van der Waals surface area contributed by atoms with Crippen LogP contribution in [0.4, 0.5) is 4.79 Å². The maximum Gasteiger partial charge on any atom is 0.407 e. The molecule has 0 saturated carbocycles. The summed E-state index contributed by atoms with van der Waals surface area (Å²) in [6, 6.07) is 16.0. The Morgan fingerprint density at radius 3 is 2.16 bits per heavy atom. The Hall–Kier alpha value is -3.55. The molecule has 0 aliphatic carbocycles. The van der Waals surface area contributed by atoms with E-state index in [1.54, 1.807) is 7.11 Å². The normalized spacial score (nSPS) is 11.3. The molecule has 3 N–H and O–H groups in total. The maximum absolute atomic E-state index is 12.9. The second-order valence-corrected chi connectivity index (χ2v) is 9.01. The summed E-state index contributed by atoms with van der Waals surface area (Å²) in [5.74, 6) is 0.0555. The van der Waals surface area contributed by atoms with Crippen LogP contribution in [0, 0.1) is 0 Å². The van der Waals surface area contributed by atoms with Crippen LogP contribution in [0.15, 0.2) is 54.6 Å². The first-order valence-corrected chi connectivity index (χ1v) is 13.2. The van der Waals surface area contributed by atoms with Gasteiger partial charge in [0, 0.05) is 6.54 Å². The largest absolute Gasteiger partial charge is 0.497 e. The molecular weight excluding hydrogens is 470 g/mol. The van der Waals surface area contributed by atoms with Gasteiger partial charge in [0.1, 0.15) is 24.9 Å². The Balaban J connectivity index is 1.81. The molecule has 8 heteroatoms. The average molecular weight is 512 g/mol. The van der Waals surface area contributed by atoms with E-state index >= 15 is 0 Å². The molecule has 202 valence electrons. The van der Waals surface area contributed by atoms with Gasteiger partial charge in [-0.1, -0.05) is 94.3 Å². The average Bonchev–Trinajstić information content (AvgIpc) is 2.93. The second-order valence-electron chi connectivity index (χ2n) is 9.01. The summed E-state index contributed by atoms with van der Waals surface area (Å²) >= 11 is 0. The maximum atomic E-state index is 12.9. The predicted octanol–water partition coefficient (Wildman–Crippen LogP) is 4.86. The van der Waals surface area contributed by atoms with E-state index in [4.69, 9.17) is 9.47 Å². The van der Waals surface area contributed by atoms with Gasteiger partial charge in [0.15, 0.2) is 0 Å². The van der Waals surface area contributed by atoms with E-state index in [0.717, 1.165) is 36.1 Å². The first-order valence-electron chi connectivity index (χ1n) is 13.2. The van der Waals surface area contributed by atoms with Gasteiger partial charge in [-0.25, -0.2) is 4.79 Å². The lowest BCUT2D eigenvalue weighted by molar-refractivity contribution is -0.128.